The van der Waals surface area contributed by atoms with Crippen LogP contribution in [0.25, 0.3) is 0 Å². The van der Waals surface area contributed by atoms with Crippen molar-refractivity contribution in [1.29, 1.82) is 0 Å². The summed E-state index contributed by atoms with van der Waals surface area (Å²) in [7, 11) is 0. The summed E-state index contributed by atoms with van der Waals surface area (Å²) in [5.41, 5.74) is 9.07. The minimum Gasteiger partial charge on any atom is -0.399 e. The fourth-order valence-electron chi connectivity index (χ4n) is 2.20. The van der Waals surface area contributed by atoms with Gasteiger partial charge in [0.25, 0.3) is 0 Å². The maximum absolute atomic E-state index is 6.10. The first-order chi connectivity index (χ1) is 11.1. The third kappa shape index (κ3) is 5.88. The van der Waals surface area contributed by atoms with Crippen LogP contribution in [0.15, 0.2) is 65.4 Å². The van der Waals surface area contributed by atoms with Gasteiger partial charge >= 0.3 is 0 Å². The molecule has 0 fully saturated rings. The summed E-state index contributed by atoms with van der Waals surface area (Å²) in [5, 5.41) is 0.740. The van der Waals surface area contributed by atoms with Gasteiger partial charge in [0.05, 0.1) is 6.54 Å². The van der Waals surface area contributed by atoms with E-state index in [2.05, 4.69) is 56.7 Å². The molecule has 0 aliphatic carbocycles. The molecule has 0 saturated carbocycles. The Morgan fingerprint density at radius 1 is 1.26 bits per heavy atom. The normalized spacial score (nSPS) is 11.9. The number of halogens is 2. The van der Waals surface area contributed by atoms with Gasteiger partial charge in [-0.15, -0.1) is 0 Å². The molecule has 2 rings (SSSR count). The Morgan fingerprint density at radius 2 is 2.04 bits per heavy atom. The Morgan fingerprint density at radius 3 is 2.74 bits per heavy atom. The highest BCUT2D eigenvalue weighted by Gasteiger charge is 2.09. The van der Waals surface area contributed by atoms with Crippen LogP contribution in [-0.2, 0) is 6.54 Å². The van der Waals surface area contributed by atoms with Gasteiger partial charge in [0, 0.05) is 38.9 Å². The van der Waals surface area contributed by atoms with Crippen molar-refractivity contribution in [3.05, 3.63) is 74.6 Å². The van der Waals surface area contributed by atoms with Gasteiger partial charge in [0.15, 0.2) is 0 Å². The molecule has 0 aromatic heterocycles. The summed E-state index contributed by atoms with van der Waals surface area (Å²) in [6.07, 6.45) is 3.42. The average molecular weight is 440 g/mol. The van der Waals surface area contributed by atoms with Crippen LogP contribution in [-0.4, -0.2) is 12.8 Å². The minimum atomic E-state index is 0.601. The molecule has 23 heavy (non-hydrogen) atoms. The van der Waals surface area contributed by atoms with E-state index >= 15 is 0 Å². The second-order valence-electron chi connectivity index (χ2n) is 5.08. The van der Waals surface area contributed by atoms with Crippen molar-refractivity contribution in [2.75, 3.05) is 11.4 Å². The zero-order chi connectivity index (χ0) is 16.7. The maximum atomic E-state index is 6.10. The lowest BCUT2D eigenvalue weighted by atomic mass is 10.2. The van der Waals surface area contributed by atoms with Crippen LogP contribution < -0.4 is 10.6 Å². The lowest BCUT2D eigenvalue weighted by Crippen LogP contribution is -2.27. The van der Waals surface area contributed by atoms with Crippen LogP contribution in [0.1, 0.15) is 12.5 Å². The van der Waals surface area contributed by atoms with E-state index in [1.807, 2.05) is 31.2 Å². The van der Waals surface area contributed by atoms with E-state index in [1.54, 1.807) is 12.4 Å². The average Bonchev–Trinajstić information content (AvgIpc) is 2.52. The maximum Gasteiger partial charge on any atom is 0.0593 e. The Balaban J connectivity index is 2.27. The van der Waals surface area contributed by atoms with Crippen LogP contribution in [0.3, 0.4) is 0 Å². The Labute approximate surface area is 156 Å². The summed E-state index contributed by atoms with van der Waals surface area (Å²) in [6.45, 7) is 3.20. The van der Waals surface area contributed by atoms with Crippen LogP contribution in [0.2, 0.25) is 5.02 Å². The van der Waals surface area contributed by atoms with Gasteiger partial charge in [-0.1, -0.05) is 29.8 Å². The lowest BCUT2D eigenvalue weighted by molar-refractivity contribution is 0.835. The van der Waals surface area contributed by atoms with E-state index in [4.69, 9.17) is 17.3 Å². The van der Waals surface area contributed by atoms with E-state index < -0.39 is 0 Å². The first-order valence-corrected chi connectivity index (χ1v) is 8.71. The van der Waals surface area contributed by atoms with Crippen molar-refractivity contribution in [1.82, 2.24) is 0 Å². The highest BCUT2D eigenvalue weighted by molar-refractivity contribution is 14.1. The summed E-state index contributed by atoms with van der Waals surface area (Å²) in [6, 6.07) is 16.2. The summed E-state index contributed by atoms with van der Waals surface area (Å²) in [5.74, 6) is 0. The Bertz CT molecular complexity index is 713. The topological polar surface area (TPSA) is 41.6 Å². The zero-order valence-electron chi connectivity index (χ0n) is 12.9. The largest absolute Gasteiger partial charge is 0.399 e. The van der Waals surface area contributed by atoms with E-state index in [0.29, 0.717) is 12.2 Å². The molecular weight excluding hydrogens is 421 g/mol. The van der Waals surface area contributed by atoms with Crippen LogP contribution in [0, 0.1) is 3.57 Å². The van der Waals surface area contributed by atoms with Crippen LogP contribution in [0.4, 0.5) is 5.69 Å². The van der Waals surface area contributed by atoms with E-state index in [0.717, 1.165) is 22.8 Å². The molecule has 0 atom stereocenters. The summed E-state index contributed by atoms with van der Waals surface area (Å²) in [4.78, 5) is 6.31. The van der Waals surface area contributed by atoms with Gasteiger partial charge in [-0.3, -0.25) is 4.99 Å². The highest BCUT2D eigenvalue weighted by Crippen LogP contribution is 2.21. The van der Waals surface area contributed by atoms with Crippen molar-refractivity contribution >= 4 is 46.1 Å². The van der Waals surface area contributed by atoms with Gasteiger partial charge in [-0.2, -0.15) is 0 Å². The minimum absolute atomic E-state index is 0.601. The number of hydrogen-bond acceptors (Lipinski definition) is 3. The number of nitrogens with zero attached hydrogens (tertiary/aromatic N) is 2. The molecule has 2 aromatic carbocycles. The van der Waals surface area contributed by atoms with Gasteiger partial charge in [-0.05, 0) is 65.4 Å². The molecule has 5 heteroatoms. The molecule has 0 radical (unpaired) electrons. The van der Waals surface area contributed by atoms with Gasteiger partial charge in [-0.25, -0.2) is 0 Å². The zero-order valence-corrected chi connectivity index (χ0v) is 15.8. The first-order valence-electron chi connectivity index (χ1n) is 7.25. The standard InChI is InChI=1S/C18H19ClIN3/c1-2-22-11-17(21)13-23(18-8-4-7-16(20)10-18)12-14-5-3-6-15(19)9-14/h2-11H,12-13,21H2,1H3/b17-11-,22-2?. The Kier molecular flexibility index (Phi) is 6.92. The molecule has 0 aliphatic rings. The second kappa shape index (κ2) is 8.93. The number of benzene rings is 2. The summed E-state index contributed by atoms with van der Waals surface area (Å²) < 4.78 is 1.19. The van der Waals surface area contributed by atoms with Crippen molar-refractivity contribution in [3.8, 4) is 0 Å². The molecule has 2 aromatic rings. The third-order valence-corrected chi connectivity index (χ3v) is 4.10. The molecule has 0 amide bonds. The van der Waals surface area contributed by atoms with Crippen molar-refractivity contribution in [2.45, 2.75) is 13.5 Å². The van der Waals surface area contributed by atoms with Crippen molar-refractivity contribution in [3.63, 3.8) is 0 Å². The fourth-order valence-corrected chi connectivity index (χ4v) is 2.94. The van der Waals surface area contributed by atoms with Crippen molar-refractivity contribution in [2.24, 2.45) is 10.7 Å². The van der Waals surface area contributed by atoms with Crippen LogP contribution >= 0.6 is 34.2 Å². The van der Waals surface area contributed by atoms with Crippen molar-refractivity contribution < 1.29 is 0 Å². The molecule has 0 bridgehead atoms. The van der Waals surface area contributed by atoms with Gasteiger partial charge in [0.1, 0.15) is 0 Å². The van der Waals surface area contributed by atoms with Gasteiger partial charge in [0.2, 0.25) is 0 Å². The molecule has 0 saturated heterocycles. The highest BCUT2D eigenvalue weighted by atomic mass is 127. The SMILES string of the molecule is CC=N/C=C(\N)CN(Cc1cccc(Cl)c1)c1cccc(I)c1. The predicted molar refractivity (Wildman–Crippen MR) is 108 cm³/mol. The molecule has 2 N–H and O–H groups in total. The molecular formula is C18H19ClIN3. The smallest absolute Gasteiger partial charge is 0.0593 e. The van der Waals surface area contributed by atoms with E-state index in [1.165, 1.54) is 3.57 Å². The van der Waals surface area contributed by atoms with Crippen LogP contribution in [0.5, 0.6) is 0 Å². The lowest BCUT2D eigenvalue weighted by Gasteiger charge is -2.25. The van der Waals surface area contributed by atoms with Gasteiger partial charge < -0.3 is 10.6 Å². The fraction of sp³-hybridized carbons (Fsp3) is 0.167. The Hall–Kier alpha value is -1.53. The third-order valence-electron chi connectivity index (χ3n) is 3.20. The number of aliphatic imine (C=N–C) groups is 1. The van der Waals surface area contributed by atoms with E-state index in [9.17, 15) is 0 Å². The molecule has 0 spiro atoms. The number of rotatable bonds is 6. The van der Waals surface area contributed by atoms with E-state index in [-0.39, 0.29) is 0 Å². The summed E-state index contributed by atoms with van der Waals surface area (Å²) >= 11 is 8.41. The molecule has 120 valence electrons. The number of hydrogen-bond donors (Lipinski definition) is 1. The molecule has 0 unspecified atom stereocenters. The molecule has 0 heterocycles. The monoisotopic (exact) mass is 439 g/mol. The first kappa shape index (κ1) is 17.8. The second-order valence-corrected chi connectivity index (χ2v) is 6.76. The molecule has 3 nitrogen and oxygen atoms in total. The number of nitrogens with two attached hydrogens (primary N) is 1. The number of anilines is 1. The molecule has 0 aliphatic heterocycles. The predicted octanol–water partition coefficient (Wildman–Crippen LogP) is 4.84. The quantitative estimate of drug-likeness (QED) is 0.517.